The van der Waals surface area contributed by atoms with Crippen LogP contribution in [0, 0.1) is 0 Å². The molecule has 0 unspecified atom stereocenters. The smallest absolute Gasteiger partial charge is 0.331 e. The SMILES string of the molecule is CCOC(=O)/C=C1\CCCc2[nH]c3ccccc3c21. The number of esters is 1. The first-order valence-electron chi connectivity index (χ1n) is 6.77. The highest BCUT2D eigenvalue weighted by Gasteiger charge is 2.20. The summed E-state index contributed by atoms with van der Waals surface area (Å²) < 4.78 is 5.02. The lowest BCUT2D eigenvalue weighted by Gasteiger charge is -2.15. The van der Waals surface area contributed by atoms with Gasteiger partial charge in [0.05, 0.1) is 6.61 Å². The number of para-hydroxylation sites is 1. The van der Waals surface area contributed by atoms with Gasteiger partial charge in [0.15, 0.2) is 0 Å². The summed E-state index contributed by atoms with van der Waals surface area (Å²) in [5, 5.41) is 1.20. The Bertz CT molecular complexity index is 652. The van der Waals surface area contributed by atoms with Gasteiger partial charge >= 0.3 is 5.97 Å². The number of aryl methyl sites for hydroxylation is 1. The third kappa shape index (κ3) is 2.16. The van der Waals surface area contributed by atoms with Crippen LogP contribution in [0.15, 0.2) is 30.3 Å². The van der Waals surface area contributed by atoms with Crippen molar-refractivity contribution in [3.8, 4) is 0 Å². The second-order valence-corrected chi connectivity index (χ2v) is 4.80. The quantitative estimate of drug-likeness (QED) is 0.659. The molecule has 2 aromatic rings. The zero-order valence-electron chi connectivity index (χ0n) is 11.0. The Labute approximate surface area is 112 Å². The monoisotopic (exact) mass is 255 g/mol. The number of aromatic nitrogens is 1. The summed E-state index contributed by atoms with van der Waals surface area (Å²) in [7, 11) is 0. The van der Waals surface area contributed by atoms with E-state index in [0.717, 1.165) is 30.4 Å². The van der Waals surface area contributed by atoms with Gasteiger partial charge in [-0.15, -0.1) is 0 Å². The Hall–Kier alpha value is -2.03. The van der Waals surface area contributed by atoms with Crippen molar-refractivity contribution in [3.63, 3.8) is 0 Å². The van der Waals surface area contributed by atoms with Gasteiger partial charge in [0.25, 0.3) is 0 Å². The van der Waals surface area contributed by atoms with E-state index in [0.29, 0.717) is 6.61 Å². The maximum atomic E-state index is 11.7. The number of fused-ring (bicyclic) bond motifs is 3. The van der Waals surface area contributed by atoms with Crippen molar-refractivity contribution in [1.29, 1.82) is 0 Å². The van der Waals surface area contributed by atoms with E-state index in [-0.39, 0.29) is 5.97 Å². The minimum absolute atomic E-state index is 0.240. The van der Waals surface area contributed by atoms with Gasteiger partial charge in [0.2, 0.25) is 0 Å². The number of rotatable bonds is 2. The third-order valence-electron chi connectivity index (χ3n) is 3.56. The largest absolute Gasteiger partial charge is 0.463 e. The highest BCUT2D eigenvalue weighted by Crippen LogP contribution is 2.36. The molecule has 0 saturated carbocycles. The van der Waals surface area contributed by atoms with E-state index in [1.807, 2.05) is 19.1 Å². The molecule has 0 aliphatic heterocycles. The van der Waals surface area contributed by atoms with Crippen LogP contribution in [-0.2, 0) is 16.0 Å². The van der Waals surface area contributed by atoms with Crippen molar-refractivity contribution in [2.24, 2.45) is 0 Å². The molecule has 1 aromatic heterocycles. The van der Waals surface area contributed by atoms with E-state index in [9.17, 15) is 4.79 Å². The molecule has 19 heavy (non-hydrogen) atoms. The molecular formula is C16H17NO2. The standard InChI is InChI=1S/C16H17NO2/c1-2-19-15(18)10-11-6-5-9-14-16(11)12-7-3-4-8-13(12)17-14/h3-4,7-8,10,17H,2,5-6,9H2,1H3/b11-10+. The van der Waals surface area contributed by atoms with E-state index in [1.54, 1.807) is 6.08 Å². The summed E-state index contributed by atoms with van der Waals surface area (Å²) in [6, 6.07) is 8.25. The maximum absolute atomic E-state index is 11.7. The average Bonchev–Trinajstić information content (AvgIpc) is 2.78. The molecule has 3 rings (SSSR count). The van der Waals surface area contributed by atoms with Crippen LogP contribution in [-0.4, -0.2) is 17.6 Å². The first kappa shape index (κ1) is 12.0. The van der Waals surface area contributed by atoms with Crippen LogP contribution >= 0.6 is 0 Å². The number of benzene rings is 1. The van der Waals surface area contributed by atoms with Gasteiger partial charge in [-0.05, 0) is 37.8 Å². The number of allylic oxidation sites excluding steroid dienone is 1. The van der Waals surface area contributed by atoms with Crippen molar-refractivity contribution in [2.75, 3.05) is 6.61 Å². The number of H-pyrrole nitrogens is 1. The topological polar surface area (TPSA) is 42.1 Å². The second-order valence-electron chi connectivity index (χ2n) is 4.80. The fraction of sp³-hybridized carbons (Fsp3) is 0.312. The van der Waals surface area contributed by atoms with Gasteiger partial charge in [0, 0.05) is 28.2 Å². The third-order valence-corrected chi connectivity index (χ3v) is 3.56. The van der Waals surface area contributed by atoms with Crippen molar-refractivity contribution in [3.05, 3.63) is 41.6 Å². The predicted molar refractivity (Wildman–Crippen MR) is 75.8 cm³/mol. The summed E-state index contributed by atoms with van der Waals surface area (Å²) >= 11 is 0. The number of carbonyl (C=O) groups excluding carboxylic acids is 1. The average molecular weight is 255 g/mol. The zero-order chi connectivity index (χ0) is 13.2. The molecule has 98 valence electrons. The Morgan fingerprint density at radius 1 is 1.37 bits per heavy atom. The minimum atomic E-state index is -0.240. The molecule has 0 fully saturated rings. The second kappa shape index (κ2) is 4.92. The van der Waals surface area contributed by atoms with Crippen molar-refractivity contribution >= 4 is 22.4 Å². The molecule has 0 radical (unpaired) electrons. The van der Waals surface area contributed by atoms with E-state index >= 15 is 0 Å². The zero-order valence-corrected chi connectivity index (χ0v) is 11.0. The molecule has 1 aliphatic rings. The molecule has 0 bridgehead atoms. The first-order chi connectivity index (χ1) is 9.29. The summed E-state index contributed by atoms with van der Waals surface area (Å²) in [6.07, 6.45) is 4.71. The molecule has 0 amide bonds. The van der Waals surface area contributed by atoms with E-state index in [1.165, 1.54) is 16.6 Å². The highest BCUT2D eigenvalue weighted by atomic mass is 16.5. The lowest BCUT2D eigenvalue weighted by atomic mass is 9.90. The number of hydrogen-bond acceptors (Lipinski definition) is 2. The molecule has 3 heteroatoms. The van der Waals surface area contributed by atoms with Crippen LogP contribution in [0.4, 0.5) is 0 Å². The van der Waals surface area contributed by atoms with Gasteiger partial charge in [0.1, 0.15) is 0 Å². The van der Waals surface area contributed by atoms with Gasteiger partial charge in [-0.3, -0.25) is 0 Å². The van der Waals surface area contributed by atoms with Crippen LogP contribution < -0.4 is 0 Å². The first-order valence-corrected chi connectivity index (χ1v) is 6.77. The molecule has 0 atom stereocenters. The van der Waals surface area contributed by atoms with E-state index in [4.69, 9.17) is 4.74 Å². The Kier molecular flexibility index (Phi) is 3.11. The molecule has 1 heterocycles. The number of nitrogens with one attached hydrogen (secondary N) is 1. The van der Waals surface area contributed by atoms with Crippen LogP contribution in [0.25, 0.3) is 16.5 Å². The molecule has 3 nitrogen and oxygen atoms in total. The lowest BCUT2D eigenvalue weighted by molar-refractivity contribution is -0.137. The number of carbonyl (C=O) groups is 1. The van der Waals surface area contributed by atoms with Gasteiger partial charge < -0.3 is 9.72 Å². The summed E-state index contributed by atoms with van der Waals surface area (Å²) in [4.78, 5) is 15.1. The Morgan fingerprint density at radius 3 is 3.05 bits per heavy atom. The van der Waals surface area contributed by atoms with Gasteiger partial charge in [-0.2, -0.15) is 0 Å². The fourth-order valence-corrected chi connectivity index (χ4v) is 2.80. The number of aromatic amines is 1. The van der Waals surface area contributed by atoms with Crippen LogP contribution in [0.1, 0.15) is 31.0 Å². The molecule has 0 spiro atoms. The van der Waals surface area contributed by atoms with E-state index in [2.05, 4.69) is 17.1 Å². The van der Waals surface area contributed by atoms with Crippen molar-refractivity contribution in [2.45, 2.75) is 26.2 Å². The molecule has 1 N–H and O–H groups in total. The lowest BCUT2D eigenvalue weighted by Crippen LogP contribution is -2.05. The van der Waals surface area contributed by atoms with Crippen LogP contribution in [0.3, 0.4) is 0 Å². The predicted octanol–water partition coefficient (Wildman–Crippen LogP) is 3.45. The number of ether oxygens (including phenoxy) is 1. The number of hydrogen-bond donors (Lipinski definition) is 1. The van der Waals surface area contributed by atoms with Gasteiger partial charge in [-0.25, -0.2) is 4.79 Å². The Balaban J connectivity index is 2.10. The molecule has 0 saturated heterocycles. The summed E-state index contributed by atoms with van der Waals surface area (Å²) in [5.41, 5.74) is 4.68. The van der Waals surface area contributed by atoms with Crippen LogP contribution in [0.5, 0.6) is 0 Å². The fourth-order valence-electron chi connectivity index (χ4n) is 2.80. The molecular weight excluding hydrogens is 238 g/mol. The normalized spacial score (nSPS) is 16.6. The minimum Gasteiger partial charge on any atom is -0.463 e. The summed E-state index contributed by atoms with van der Waals surface area (Å²) in [5.74, 6) is -0.240. The van der Waals surface area contributed by atoms with Gasteiger partial charge in [-0.1, -0.05) is 18.2 Å². The molecule has 1 aromatic carbocycles. The maximum Gasteiger partial charge on any atom is 0.331 e. The summed E-state index contributed by atoms with van der Waals surface area (Å²) in [6.45, 7) is 2.25. The van der Waals surface area contributed by atoms with Crippen molar-refractivity contribution < 1.29 is 9.53 Å². The molecule has 1 aliphatic carbocycles. The van der Waals surface area contributed by atoms with Crippen LogP contribution in [0.2, 0.25) is 0 Å². The van der Waals surface area contributed by atoms with E-state index < -0.39 is 0 Å². The highest BCUT2D eigenvalue weighted by molar-refractivity contribution is 6.00. The Morgan fingerprint density at radius 2 is 2.21 bits per heavy atom. The van der Waals surface area contributed by atoms with Crippen molar-refractivity contribution in [1.82, 2.24) is 4.98 Å².